The molecule has 2 nitrogen and oxygen atoms in total. The van der Waals surface area contributed by atoms with Crippen LogP contribution in [0.25, 0.3) is 53.2 Å². The van der Waals surface area contributed by atoms with Crippen molar-refractivity contribution < 1.29 is 4.42 Å². The van der Waals surface area contributed by atoms with Gasteiger partial charge < -0.3 is 9.73 Å². The van der Waals surface area contributed by atoms with Crippen LogP contribution < -0.4 is 5.32 Å². The smallest absolute Gasteiger partial charge is 0.158 e. The summed E-state index contributed by atoms with van der Waals surface area (Å²) in [4.78, 5) is 0. The number of nitrogens with one attached hydrogen (secondary N) is 1. The number of hydrogen-bond donors (Lipinski definition) is 1. The van der Waals surface area contributed by atoms with E-state index in [4.69, 9.17) is 4.42 Å². The molecule has 5 aromatic carbocycles. The molecule has 33 heavy (non-hydrogen) atoms. The third kappa shape index (κ3) is 2.86. The van der Waals surface area contributed by atoms with Crippen LogP contribution in [0.5, 0.6) is 0 Å². The van der Waals surface area contributed by atoms with Gasteiger partial charge in [0.1, 0.15) is 5.58 Å². The molecule has 3 heteroatoms. The Morgan fingerprint density at radius 2 is 1.18 bits per heavy atom. The highest BCUT2D eigenvalue weighted by molar-refractivity contribution is 7.25. The van der Waals surface area contributed by atoms with Crippen LogP contribution in [0, 0.1) is 0 Å². The molecule has 0 unspecified atom stereocenters. The average Bonchev–Trinajstić information content (AvgIpc) is 3.44. The molecule has 0 bridgehead atoms. The first kappa shape index (κ1) is 18.5. The maximum atomic E-state index is 6.56. The van der Waals surface area contributed by atoms with E-state index >= 15 is 0 Å². The summed E-state index contributed by atoms with van der Waals surface area (Å²) in [7, 11) is 0. The first-order chi connectivity index (χ1) is 16.4. The predicted molar refractivity (Wildman–Crippen MR) is 142 cm³/mol. The van der Waals surface area contributed by atoms with Gasteiger partial charge in [-0.3, -0.25) is 0 Å². The standard InChI is InChI=1S/C30H19NOS/c1-2-9-19(10-3-1)20-12-6-13-21-22-14-7-16-25(30(22)32-29(20)21)31-24-15-8-18-27-28(24)23-11-4-5-17-26(23)33-27/h1-18,31H. The normalized spacial score (nSPS) is 11.6. The summed E-state index contributed by atoms with van der Waals surface area (Å²) in [5.74, 6) is 0. The molecule has 0 aliphatic heterocycles. The van der Waals surface area contributed by atoms with Gasteiger partial charge in [-0.05, 0) is 29.8 Å². The van der Waals surface area contributed by atoms with Gasteiger partial charge in [-0.25, -0.2) is 0 Å². The van der Waals surface area contributed by atoms with Crippen molar-refractivity contribution in [3.63, 3.8) is 0 Å². The van der Waals surface area contributed by atoms with E-state index in [9.17, 15) is 0 Å². The fraction of sp³-hybridized carbons (Fsp3) is 0. The zero-order valence-electron chi connectivity index (χ0n) is 17.7. The summed E-state index contributed by atoms with van der Waals surface area (Å²) in [6.07, 6.45) is 0. The van der Waals surface area contributed by atoms with E-state index in [1.54, 1.807) is 0 Å². The molecule has 2 heterocycles. The lowest BCUT2D eigenvalue weighted by molar-refractivity contribution is 0.671. The molecule has 0 amide bonds. The van der Waals surface area contributed by atoms with Crippen LogP contribution in [-0.4, -0.2) is 0 Å². The first-order valence-corrected chi connectivity index (χ1v) is 11.9. The Balaban J connectivity index is 1.44. The van der Waals surface area contributed by atoms with Crippen LogP contribution in [0.4, 0.5) is 11.4 Å². The topological polar surface area (TPSA) is 25.2 Å². The highest BCUT2D eigenvalue weighted by Gasteiger charge is 2.16. The van der Waals surface area contributed by atoms with E-state index in [2.05, 4.69) is 108 Å². The Labute approximate surface area is 194 Å². The van der Waals surface area contributed by atoms with Crippen molar-refractivity contribution in [3.05, 3.63) is 109 Å². The van der Waals surface area contributed by atoms with Gasteiger partial charge in [-0.15, -0.1) is 11.3 Å². The van der Waals surface area contributed by atoms with Crippen LogP contribution >= 0.6 is 11.3 Å². The lowest BCUT2D eigenvalue weighted by Gasteiger charge is -2.09. The van der Waals surface area contributed by atoms with Crippen molar-refractivity contribution >= 4 is 64.8 Å². The van der Waals surface area contributed by atoms with Crippen LogP contribution in [0.2, 0.25) is 0 Å². The maximum Gasteiger partial charge on any atom is 0.158 e. The van der Waals surface area contributed by atoms with E-state index in [0.29, 0.717) is 0 Å². The molecule has 156 valence electrons. The molecule has 0 fully saturated rings. The minimum absolute atomic E-state index is 0.882. The van der Waals surface area contributed by atoms with Gasteiger partial charge in [0, 0.05) is 42.2 Å². The Kier molecular flexibility index (Phi) is 4.05. The van der Waals surface area contributed by atoms with Crippen molar-refractivity contribution in [2.24, 2.45) is 0 Å². The number of furan rings is 1. The van der Waals surface area contributed by atoms with Crippen molar-refractivity contribution in [2.45, 2.75) is 0 Å². The number of hydrogen-bond acceptors (Lipinski definition) is 3. The Morgan fingerprint density at radius 3 is 2.09 bits per heavy atom. The minimum Gasteiger partial charge on any atom is -0.453 e. The summed E-state index contributed by atoms with van der Waals surface area (Å²) in [6.45, 7) is 0. The second-order valence-corrected chi connectivity index (χ2v) is 9.32. The first-order valence-electron chi connectivity index (χ1n) is 11.0. The minimum atomic E-state index is 0.882. The molecular formula is C30H19NOS. The second-order valence-electron chi connectivity index (χ2n) is 8.23. The molecule has 7 rings (SSSR count). The molecule has 0 atom stereocenters. The molecule has 0 aliphatic rings. The third-order valence-electron chi connectivity index (χ3n) is 6.28. The highest BCUT2D eigenvalue weighted by atomic mass is 32.1. The van der Waals surface area contributed by atoms with Gasteiger partial charge >= 0.3 is 0 Å². The van der Waals surface area contributed by atoms with E-state index in [0.717, 1.165) is 44.4 Å². The van der Waals surface area contributed by atoms with E-state index in [1.165, 1.54) is 20.2 Å². The number of rotatable bonds is 3. The Hall–Kier alpha value is -4.08. The number of thiophene rings is 1. The predicted octanol–water partition coefficient (Wildman–Crippen LogP) is 9.36. The van der Waals surface area contributed by atoms with E-state index in [-0.39, 0.29) is 0 Å². The summed E-state index contributed by atoms with van der Waals surface area (Å²) in [5, 5.41) is 8.50. The molecule has 0 saturated carbocycles. The van der Waals surface area contributed by atoms with Gasteiger partial charge in [0.05, 0.1) is 5.69 Å². The quantitative estimate of drug-likeness (QED) is 0.295. The molecule has 2 aromatic heterocycles. The van der Waals surface area contributed by atoms with Crippen LogP contribution in [0.3, 0.4) is 0 Å². The monoisotopic (exact) mass is 441 g/mol. The largest absolute Gasteiger partial charge is 0.453 e. The van der Waals surface area contributed by atoms with E-state index in [1.807, 2.05) is 17.4 Å². The van der Waals surface area contributed by atoms with Crippen molar-refractivity contribution in [1.82, 2.24) is 0 Å². The molecule has 0 saturated heterocycles. The molecule has 0 aliphatic carbocycles. The number of benzene rings is 5. The summed E-state index contributed by atoms with van der Waals surface area (Å²) in [6, 6.07) is 38.2. The Morgan fingerprint density at radius 1 is 0.515 bits per heavy atom. The number of anilines is 2. The molecule has 7 aromatic rings. The van der Waals surface area contributed by atoms with Crippen LogP contribution in [0.1, 0.15) is 0 Å². The lowest BCUT2D eigenvalue weighted by atomic mass is 10.0. The van der Waals surface area contributed by atoms with Gasteiger partial charge in [0.2, 0.25) is 0 Å². The SMILES string of the molecule is c1ccc(-c2cccc3c2oc2c(Nc4cccc5sc6ccccc6c45)cccc23)cc1. The van der Waals surface area contributed by atoms with Crippen LogP contribution in [0.15, 0.2) is 114 Å². The zero-order chi connectivity index (χ0) is 21.8. The van der Waals surface area contributed by atoms with Crippen LogP contribution in [-0.2, 0) is 0 Å². The molecule has 0 radical (unpaired) electrons. The third-order valence-corrected chi connectivity index (χ3v) is 7.42. The van der Waals surface area contributed by atoms with Crippen molar-refractivity contribution in [3.8, 4) is 11.1 Å². The molecule has 0 spiro atoms. The fourth-order valence-electron chi connectivity index (χ4n) is 4.79. The maximum absolute atomic E-state index is 6.56. The summed E-state index contributed by atoms with van der Waals surface area (Å²) in [5.41, 5.74) is 6.15. The van der Waals surface area contributed by atoms with E-state index < -0.39 is 0 Å². The molecular weight excluding hydrogens is 422 g/mol. The van der Waals surface area contributed by atoms with Crippen molar-refractivity contribution in [1.29, 1.82) is 0 Å². The van der Waals surface area contributed by atoms with Gasteiger partial charge in [-0.1, -0.05) is 84.9 Å². The summed E-state index contributed by atoms with van der Waals surface area (Å²) >= 11 is 1.83. The average molecular weight is 442 g/mol. The Bertz CT molecular complexity index is 1790. The van der Waals surface area contributed by atoms with Crippen molar-refractivity contribution in [2.75, 3.05) is 5.32 Å². The van der Waals surface area contributed by atoms with Gasteiger partial charge in [0.15, 0.2) is 5.58 Å². The summed E-state index contributed by atoms with van der Waals surface area (Å²) < 4.78 is 9.15. The van der Waals surface area contributed by atoms with Gasteiger partial charge in [0.25, 0.3) is 0 Å². The number of fused-ring (bicyclic) bond motifs is 6. The number of para-hydroxylation sites is 2. The fourth-order valence-corrected chi connectivity index (χ4v) is 5.92. The lowest BCUT2D eigenvalue weighted by Crippen LogP contribution is -1.91. The highest BCUT2D eigenvalue weighted by Crippen LogP contribution is 2.42. The molecule has 1 N–H and O–H groups in total. The van der Waals surface area contributed by atoms with Gasteiger partial charge in [-0.2, -0.15) is 0 Å². The zero-order valence-corrected chi connectivity index (χ0v) is 18.5. The second kappa shape index (κ2) is 7.22.